The Hall–Kier alpha value is -0.280. The van der Waals surface area contributed by atoms with E-state index in [0.717, 1.165) is 35.5 Å². The monoisotopic (exact) mass is 252 g/mol. The third-order valence-corrected chi connectivity index (χ3v) is 0. The van der Waals surface area contributed by atoms with Crippen LogP contribution in [0.1, 0.15) is 13.8 Å². The van der Waals surface area contributed by atoms with Crippen LogP contribution in [0.5, 0.6) is 0 Å². The molecule has 0 aliphatic carbocycles. The van der Waals surface area contributed by atoms with Crippen molar-refractivity contribution in [3.8, 4) is 0 Å². The fourth-order valence-electron chi connectivity index (χ4n) is 0. The average molecular weight is 252 g/mol. The molecule has 0 aromatic heterocycles. The lowest BCUT2D eigenvalue weighted by Crippen LogP contribution is -1.57. The fraction of sp³-hybridized carbons (Fsp3) is 1.00. The zero-order valence-corrected chi connectivity index (χ0v) is 11.5. The Morgan fingerprint density at radius 1 is 0.438 bits per heavy atom. The molecule has 0 heterocycles. The highest BCUT2D eigenvalue weighted by Crippen LogP contribution is 1.30. The summed E-state index contributed by atoms with van der Waals surface area (Å²) in [5.74, 6) is 0. The third-order valence-electron chi connectivity index (χ3n) is 0. The van der Waals surface area contributed by atoms with Crippen LogP contribution in [0.15, 0.2) is 0 Å². The molecule has 0 aromatic carbocycles. The quantitative estimate of drug-likeness (QED) is 0.265. The second kappa shape index (κ2) is 937. The summed E-state index contributed by atoms with van der Waals surface area (Å²) in [5.41, 5.74) is 0. The highest BCUT2D eigenvalue weighted by Gasteiger charge is 1.34. The predicted molar refractivity (Wildman–Crippen MR) is 66.2 cm³/mol. The summed E-state index contributed by atoms with van der Waals surface area (Å²) < 4.78 is 0. The van der Waals surface area contributed by atoms with Crippen molar-refractivity contribution in [3.05, 3.63) is 0 Å². The highest BCUT2D eigenvalue weighted by molar-refractivity contribution is 3.84. The van der Waals surface area contributed by atoms with Crippen molar-refractivity contribution in [3.63, 3.8) is 0 Å². The third kappa shape index (κ3) is 28300. The van der Waals surface area contributed by atoms with Gasteiger partial charge >= 0.3 is 0 Å². The molecule has 0 radical (unpaired) electrons. The molecule has 0 amide bonds. The van der Waals surface area contributed by atoms with Gasteiger partial charge < -0.3 is 35.7 Å². The molecular weight excluding hydrogens is 220 g/mol. The normalized spacial score (nSPS) is 4.12. The highest BCUT2D eigenvalue weighted by atomic mass is 16.3. The van der Waals surface area contributed by atoms with Crippen molar-refractivity contribution in [2.24, 2.45) is 0 Å². The minimum Gasteiger partial charge on any atom is -0.400 e. The van der Waals surface area contributed by atoms with Gasteiger partial charge in [0.25, 0.3) is 0 Å². The fourth-order valence-corrected chi connectivity index (χ4v) is 0. The van der Waals surface area contributed by atoms with E-state index in [2.05, 4.69) is 0 Å². The Labute approximate surface area is 99.3 Å². The first kappa shape index (κ1) is 44.8. The molecule has 0 saturated carbocycles. The van der Waals surface area contributed by atoms with Gasteiger partial charge in [-0.25, -0.2) is 0 Å². The maximum Gasteiger partial charge on any atom is 0.0402 e. The number of rotatable bonds is 0. The van der Waals surface area contributed by atoms with Crippen LogP contribution in [-0.4, -0.2) is 84.5 Å². The van der Waals surface area contributed by atoms with Crippen molar-refractivity contribution in [1.29, 1.82) is 0 Å². The largest absolute Gasteiger partial charge is 0.400 e. The lowest BCUT2D eigenvalue weighted by molar-refractivity contribution is 0.318. The van der Waals surface area contributed by atoms with E-state index >= 15 is 0 Å². The SMILES string of the molecule is CCO.CCO.CO.CO.CO.CO.CO. The summed E-state index contributed by atoms with van der Waals surface area (Å²) in [4.78, 5) is 0. The summed E-state index contributed by atoms with van der Waals surface area (Å²) in [5, 5.41) is 50.1. The average Bonchev–Trinajstić information content (AvgIpc) is 2.42. The first-order valence-electron chi connectivity index (χ1n) is 4.28. The molecule has 16 heavy (non-hydrogen) atoms. The van der Waals surface area contributed by atoms with Gasteiger partial charge in [0.2, 0.25) is 0 Å². The lowest BCUT2D eigenvalue weighted by atomic mass is 10.9. The van der Waals surface area contributed by atoms with E-state index in [1.807, 2.05) is 0 Å². The molecular formula is C9H32O7. The van der Waals surface area contributed by atoms with Crippen molar-refractivity contribution >= 4 is 0 Å². The molecule has 0 bridgehead atoms. The van der Waals surface area contributed by atoms with Gasteiger partial charge in [0.15, 0.2) is 0 Å². The van der Waals surface area contributed by atoms with Crippen LogP contribution in [0.25, 0.3) is 0 Å². The zero-order chi connectivity index (χ0) is 15.4. The molecule has 0 spiro atoms. The molecule has 0 saturated heterocycles. The maximum atomic E-state index is 7.57. The van der Waals surface area contributed by atoms with Gasteiger partial charge in [0, 0.05) is 48.8 Å². The minimum absolute atomic E-state index is 0.250. The Morgan fingerprint density at radius 3 is 0.438 bits per heavy atom. The van der Waals surface area contributed by atoms with Crippen molar-refractivity contribution in [2.75, 3.05) is 48.8 Å². The van der Waals surface area contributed by atoms with E-state index in [1.54, 1.807) is 13.8 Å². The Morgan fingerprint density at radius 2 is 0.438 bits per heavy atom. The predicted octanol–water partition coefficient (Wildman–Crippen LogP) is -1.96. The van der Waals surface area contributed by atoms with Crippen LogP contribution in [0, 0.1) is 0 Å². The van der Waals surface area contributed by atoms with Gasteiger partial charge in [-0.05, 0) is 13.8 Å². The van der Waals surface area contributed by atoms with Gasteiger partial charge in [0.1, 0.15) is 0 Å². The van der Waals surface area contributed by atoms with Gasteiger partial charge in [0.05, 0.1) is 0 Å². The van der Waals surface area contributed by atoms with E-state index in [9.17, 15) is 0 Å². The van der Waals surface area contributed by atoms with Crippen molar-refractivity contribution in [2.45, 2.75) is 13.8 Å². The van der Waals surface area contributed by atoms with Crippen LogP contribution in [0.3, 0.4) is 0 Å². The topological polar surface area (TPSA) is 142 Å². The van der Waals surface area contributed by atoms with Crippen LogP contribution < -0.4 is 0 Å². The Bertz CT molecular complexity index is 17.8. The summed E-state index contributed by atoms with van der Waals surface area (Å²) in [6.07, 6.45) is 0. The molecule has 7 nitrogen and oxygen atoms in total. The van der Waals surface area contributed by atoms with Crippen LogP contribution in [0.4, 0.5) is 0 Å². The maximum absolute atomic E-state index is 7.57. The molecule has 110 valence electrons. The van der Waals surface area contributed by atoms with Crippen LogP contribution in [-0.2, 0) is 0 Å². The molecule has 0 aliphatic rings. The minimum atomic E-state index is 0.250. The van der Waals surface area contributed by atoms with E-state index in [1.165, 1.54) is 0 Å². The van der Waals surface area contributed by atoms with Gasteiger partial charge in [-0.2, -0.15) is 0 Å². The lowest BCUT2D eigenvalue weighted by Gasteiger charge is -1.52. The van der Waals surface area contributed by atoms with E-state index < -0.39 is 0 Å². The van der Waals surface area contributed by atoms with Crippen LogP contribution >= 0.6 is 0 Å². The standard InChI is InChI=1S/2C2H6O.5CH4O/c2*1-2-3;5*1-2/h2*3H,2H2,1H3;5*2H,1H3. The second-order valence-corrected chi connectivity index (χ2v) is 0.632. The molecule has 0 atom stereocenters. The van der Waals surface area contributed by atoms with Gasteiger partial charge in [-0.15, -0.1) is 0 Å². The zero-order valence-electron chi connectivity index (χ0n) is 11.5. The molecule has 0 aromatic rings. The number of aliphatic hydroxyl groups is 7. The Balaban J connectivity index is -0.0000000120. The number of aliphatic hydroxyl groups excluding tert-OH is 7. The number of hydrogen-bond acceptors (Lipinski definition) is 7. The summed E-state index contributed by atoms with van der Waals surface area (Å²) in [6, 6.07) is 0. The van der Waals surface area contributed by atoms with Crippen molar-refractivity contribution < 1.29 is 35.7 Å². The summed E-state index contributed by atoms with van der Waals surface area (Å²) >= 11 is 0. The van der Waals surface area contributed by atoms with Crippen LogP contribution in [0.2, 0.25) is 0 Å². The van der Waals surface area contributed by atoms with E-state index in [4.69, 9.17) is 35.7 Å². The second-order valence-electron chi connectivity index (χ2n) is 0.632. The molecule has 7 heteroatoms. The van der Waals surface area contributed by atoms with Gasteiger partial charge in [-0.3, -0.25) is 0 Å². The molecule has 0 unspecified atom stereocenters. The summed E-state index contributed by atoms with van der Waals surface area (Å²) in [7, 11) is 5.00. The first-order valence-corrected chi connectivity index (χ1v) is 4.28. The number of hydrogen-bond donors (Lipinski definition) is 7. The molecule has 7 N–H and O–H groups in total. The molecule has 0 aliphatic heterocycles. The first-order chi connectivity index (χ1) is 7.83. The van der Waals surface area contributed by atoms with Gasteiger partial charge in [-0.1, -0.05) is 0 Å². The van der Waals surface area contributed by atoms with E-state index in [0.29, 0.717) is 0 Å². The molecule has 0 fully saturated rings. The van der Waals surface area contributed by atoms with Crippen molar-refractivity contribution in [1.82, 2.24) is 0 Å². The smallest absolute Gasteiger partial charge is 0.0402 e. The Kier molecular flexibility index (Phi) is 2620. The summed E-state index contributed by atoms with van der Waals surface area (Å²) in [6.45, 7) is 3.86. The molecule has 0 rings (SSSR count). The van der Waals surface area contributed by atoms with E-state index in [-0.39, 0.29) is 13.2 Å².